The molecule has 1 aromatic carbocycles. The van der Waals surface area contributed by atoms with E-state index in [1.807, 2.05) is 18.2 Å². The van der Waals surface area contributed by atoms with Gasteiger partial charge in [0.1, 0.15) is 0 Å². The summed E-state index contributed by atoms with van der Waals surface area (Å²) in [6.45, 7) is 0. The van der Waals surface area contributed by atoms with E-state index in [0.717, 1.165) is 23.3 Å². The van der Waals surface area contributed by atoms with Gasteiger partial charge in [0.2, 0.25) is 0 Å². The Labute approximate surface area is 88.0 Å². The highest BCUT2D eigenvalue weighted by atomic mass is 32.1. The summed E-state index contributed by atoms with van der Waals surface area (Å²) >= 11 is 9.16. The monoisotopic (exact) mass is 207 g/mol. The molecule has 2 rings (SSSR count). The molecule has 0 aliphatic heterocycles. The van der Waals surface area contributed by atoms with Gasteiger partial charge in [-0.3, -0.25) is 0 Å². The summed E-state index contributed by atoms with van der Waals surface area (Å²) in [6.07, 6.45) is 0.824. The molecule has 0 spiro atoms. The summed E-state index contributed by atoms with van der Waals surface area (Å²) in [4.78, 5) is 0. The lowest BCUT2D eigenvalue weighted by atomic mass is 10.1. The number of thiocarbonyl (C=S) groups is 1. The molecule has 0 atom stereocenters. The Morgan fingerprint density at radius 3 is 2.69 bits per heavy atom. The second-order valence-electron chi connectivity index (χ2n) is 3.03. The number of hydrogen-bond donors (Lipinski definition) is 2. The van der Waals surface area contributed by atoms with E-state index in [0.29, 0.717) is 4.20 Å². The predicted octanol–water partition coefficient (Wildman–Crippen LogP) is 2.17. The average Bonchev–Trinajstić information content (AvgIpc) is 2.45. The predicted molar refractivity (Wildman–Crippen MR) is 62.8 cm³/mol. The van der Waals surface area contributed by atoms with Crippen LogP contribution >= 0.6 is 24.8 Å². The first-order valence-electron chi connectivity index (χ1n) is 4.00. The highest BCUT2D eigenvalue weighted by Crippen LogP contribution is 2.30. The lowest BCUT2D eigenvalue weighted by Crippen LogP contribution is -1.99. The Bertz CT molecular complexity index is 407. The van der Waals surface area contributed by atoms with E-state index in [9.17, 15) is 0 Å². The van der Waals surface area contributed by atoms with Crippen molar-refractivity contribution in [2.45, 2.75) is 6.42 Å². The topological polar surface area (TPSA) is 26.0 Å². The van der Waals surface area contributed by atoms with Crippen molar-refractivity contribution in [1.29, 1.82) is 0 Å². The van der Waals surface area contributed by atoms with Crippen molar-refractivity contribution in [2.75, 3.05) is 0 Å². The summed E-state index contributed by atoms with van der Waals surface area (Å²) in [5, 5.41) is 0. The van der Waals surface area contributed by atoms with E-state index in [4.69, 9.17) is 18.0 Å². The first-order valence-corrected chi connectivity index (χ1v) is 4.86. The normalized spacial score (nSPS) is 14.5. The van der Waals surface area contributed by atoms with Gasteiger partial charge in [-0.1, -0.05) is 36.5 Å². The van der Waals surface area contributed by atoms with Crippen LogP contribution in [0.25, 0.3) is 5.70 Å². The van der Waals surface area contributed by atoms with Crippen LogP contribution in [-0.4, -0.2) is 4.20 Å². The Morgan fingerprint density at radius 2 is 2.08 bits per heavy atom. The molecule has 1 aliphatic rings. The van der Waals surface area contributed by atoms with Gasteiger partial charge in [0.15, 0.2) is 0 Å². The minimum absolute atomic E-state index is 0.605. The highest BCUT2D eigenvalue weighted by molar-refractivity contribution is 8.11. The molecular formula is C10H9NS2. The standard InChI is InChI=1S/C10H9NS2/c11-9-7-4-2-1-3-6(7)5-8(9)10(12)13/h1-4H,5,11H2,(H,12,13). The average molecular weight is 207 g/mol. The third kappa shape index (κ3) is 1.38. The summed E-state index contributed by atoms with van der Waals surface area (Å²) < 4.78 is 0.605. The molecule has 1 aromatic rings. The molecule has 0 aromatic heterocycles. The third-order valence-corrected chi connectivity index (χ3v) is 2.77. The fourth-order valence-corrected chi connectivity index (χ4v) is 1.96. The number of thiol groups is 1. The number of rotatable bonds is 1. The Balaban J connectivity index is 2.53. The number of fused-ring (bicyclic) bond motifs is 1. The van der Waals surface area contributed by atoms with E-state index in [-0.39, 0.29) is 0 Å². The summed E-state index contributed by atoms with van der Waals surface area (Å²) in [5.41, 5.74) is 10.1. The van der Waals surface area contributed by atoms with Crippen LogP contribution in [0.4, 0.5) is 0 Å². The van der Waals surface area contributed by atoms with Crippen molar-refractivity contribution >= 4 is 34.7 Å². The number of benzene rings is 1. The maximum Gasteiger partial charge on any atom is 0.0731 e. The maximum absolute atomic E-state index is 5.93. The molecule has 66 valence electrons. The molecule has 2 N–H and O–H groups in total. The fourth-order valence-electron chi connectivity index (χ4n) is 1.58. The largest absolute Gasteiger partial charge is 0.398 e. The van der Waals surface area contributed by atoms with Gasteiger partial charge < -0.3 is 5.73 Å². The van der Waals surface area contributed by atoms with Gasteiger partial charge in [0.05, 0.1) is 4.20 Å². The third-order valence-electron chi connectivity index (χ3n) is 2.26. The van der Waals surface area contributed by atoms with Crippen LogP contribution in [0, 0.1) is 0 Å². The Hall–Kier alpha value is -0.800. The molecule has 3 heteroatoms. The van der Waals surface area contributed by atoms with E-state index in [1.165, 1.54) is 5.56 Å². The van der Waals surface area contributed by atoms with Crippen LogP contribution in [0.15, 0.2) is 29.8 Å². The van der Waals surface area contributed by atoms with Crippen molar-refractivity contribution in [3.05, 3.63) is 41.0 Å². The van der Waals surface area contributed by atoms with Crippen LogP contribution in [0.2, 0.25) is 0 Å². The van der Waals surface area contributed by atoms with Crippen molar-refractivity contribution in [2.24, 2.45) is 5.73 Å². The van der Waals surface area contributed by atoms with Crippen molar-refractivity contribution in [3.8, 4) is 0 Å². The van der Waals surface area contributed by atoms with Crippen molar-refractivity contribution < 1.29 is 0 Å². The molecule has 0 fully saturated rings. The highest BCUT2D eigenvalue weighted by Gasteiger charge is 2.19. The first kappa shape index (κ1) is 8.78. The molecule has 0 unspecified atom stereocenters. The van der Waals surface area contributed by atoms with Crippen LogP contribution in [0.3, 0.4) is 0 Å². The minimum Gasteiger partial charge on any atom is -0.398 e. The zero-order chi connectivity index (χ0) is 9.42. The molecular weight excluding hydrogens is 198 g/mol. The van der Waals surface area contributed by atoms with Crippen LogP contribution < -0.4 is 5.73 Å². The summed E-state index contributed by atoms with van der Waals surface area (Å²) in [7, 11) is 0. The maximum atomic E-state index is 5.93. The molecule has 0 bridgehead atoms. The van der Waals surface area contributed by atoms with Crippen LogP contribution in [-0.2, 0) is 6.42 Å². The fraction of sp³-hybridized carbons (Fsp3) is 0.100. The van der Waals surface area contributed by atoms with Crippen molar-refractivity contribution in [1.82, 2.24) is 0 Å². The molecule has 0 heterocycles. The molecule has 0 saturated carbocycles. The number of hydrogen-bond acceptors (Lipinski definition) is 2. The van der Waals surface area contributed by atoms with E-state index in [2.05, 4.69) is 18.7 Å². The van der Waals surface area contributed by atoms with Gasteiger partial charge in [-0.2, -0.15) is 0 Å². The summed E-state index contributed by atoms with van der Waals surface area (Å²) in [5.74, 6) is 0. The van der Waals surface area contributed by atoms with Crippen LogP contribution in [0.5, 0.6) is 0 Å². The molecule has 0 radical (unpaired) electrons. The van der Waals surface area contributed by atoms with Gasteiger partial charge >= 0.3 is 0 Å². The lowest BCUT2D eigenvalue weighted by molar-refractivity contribution is 1.28. The zero-order valence-corrected chi connectivity index (χ0v) is 8.66. The minimum atomic E-state index is 0.605. The quantitative estimate of drug-likeness (QED) is 0.545. The van der Waals surface area contributed by atoms with E-state index < -0.39 is 0 Å². The van der Waals surface area contributed by atoms with Gasteiger partial charge in [-0.05, 0) is 5.56 Å². The van der Waals surface area contributed by atoms with Crippen LogP contribution in [0.1, 0.15) is 11.1 Å². The zero-order valence-electron chi connectivity index (χ0n) is 6.95. The summed E-state index contributed by atoms with van der Waals surface area (Å²) in [6, 6.07) is 8.08. The molecule has 1 aliphatic carbocycles. The molecule has 0 saturated heterocycles. The lowest BCUT2D eigenvalue weighted by Gasteiger charge is -1.98. The first-order chi connectivity index (χ1) is 6.20. The van der Waals surface area contributed by atoms with E-state index in [1.54, 1.807) is 0 Å². The second-order valence-corrected chi connectivity index (χ2v) is 4.19. The Kier molecular flexibility index (Phi) is 2.14. The van der Waals surface area contributed by atoms with Gasteiger partial charge in [-0.15, -0.1) is 12.6 Å². The smallest absolute Gasteiger partial charge is 0.0731 e. The molecule has 1 nitrogen and oxygen atoms in total. The molecule has 13 heavy (non-hydrogen) atoms. The number of nitrogens with two attached hydrogens (primary N) is 1. The second kappa shape index (κ2) is 3.16. The van der Waals surface area contributed by atoms with Gasteiger partial charge in [-0.25, -0.2) is 0 Å². The Morgan fingerprint density at radius 1 is 1.38 bits per heavy atom. The van der Waals surface area contributed by atoms with E-state index >= 15 is 0 Å². The van der Waals surface area contributed by atoms with Gasteiger partial charge in [0, 0.05) is 23.3 Å². The van der Waals surface area contributed by atoms with Crippen molar-refractivity contribution in [3.63, 3.8) is 0 Å². The van der Waals surface area contributed by atoms with Gasteiger partial charge in [0.25, 0.3) is 0 Å². The molecule has 0 amide bonds. The SMILES string of the molecule is NC1=C(C(=S)S)Cc2ccccc21.